The topological polar surface area (TPSA) is 58.6 Å². The predicted octanol–water partition coefficient (Wildman–Crippen LogP) is 3.72. The Bertz CT molecular complexity index is 849. The normalized spacial score (nSPS) is 16.8. The molecule has 1 aliphatic heterocycles. The lowest BCUT2D eigenvalue weighted by Gasteiger charge is -2.33. The molecule has 2 aromatic rings. The summed E-state index contributed by atoms with van der Waals surface area (Å²) in [5.41, 5.74) is 1.75. The highest BCUT2D eigenvalue weighted by molar-refractivity contribution is 5.88. The molecule has 31 heavy (non-hydrogen) atoms. The summed E-state index contributed by atoms with van der Waals surface area (Å²) < 4.78 is 19.0. The third-order valence-corrected chi connectivity index (χ3v) is 5.52. The maximum atomic E-state index is 13.4. The second kappa shape index (κ2) is 11.0. The van der Waals surface area contributed by atoms with Crippen molar-refractivity contribution in [2.75, 3.05) is 13.2 Å². The first-order valence-electron chi connectivity index (χ1n) is 10.9. The molecule has 1 fully saturated rings. The monoisotopic (exact) mass is 426 g/mol. The number of halogens is 1. The van der Waals surface area contributed by atoms with E-state index in [1.807, 2.05) is 44.2 Å². The number of nitrogens with one attached hydrogen (secondary N) is 1. The molecule has 0 bridgehead atoms. The van der Waals surface area contributed by atoms with Crippen molar-refractivity contribution < 1.29 is 18.7 Å². The number of ether oxygens (including phenoxy) is 1. The van der Waals surface area contributed by atoms with E-state index in [4.69, 9.17) is 4.74 Å². The fourth-order valence-corrected chi connectivity index (χ4v) is 3.78. The fourth-order valence-electron chi connectivity index (χ4n) is 3.78. The molecule has 2 atom stereocenters. The minimum absolute atomic E-state index is 0.0210. The van der Waals surface area contributed by atoms with E-state index in [9.17, 15) is 14.0 Å². The van der Waals surface area contributed by atoms with Gasteiger partial charge < -0.3 is 15.0 Å². The summed E-state index contributed by atoms with van der Waals surface area (Å²) in [6.07, 6.45) is 2.34. The van der Waals surface area contributed by atoms with Crippen LogP contribution in [0, 0.1) is 11.7 Å². The van der Waals surface area contributed by atoms with Gasteiger partial charge in [0.05, 0.1) is 6.10 Å². The Labute approximate surface area is 183 Å². The van der Waals surface area contributed by atoms with Gasteiger partial charge in [-0.05, 0) is 36.1 Å². The Hall–Kier alpha value is -2.73. The molecule has 0 spiro atoms. The quantitative estimate of drug-likeness (QED) is 0.665. The zero-order chi connectivity index (χ0) is 22.2. The van der Waals surface area contributed by atoms with Crippen molar-refractivity contribution in [3.05, 3.63) is 71.5 Å². The molecule has 5 nitrogen and oxygen atoms in total. The number of benzene rings is 2. The SMILES string of the molecule is CC(C)C(=O)N(Cc1ccc(F)cc1)[C@H](Cc1ccccc1)C(=O)NC[C@@H]1CCCO1. The third-order valence-electron chi connectivity index (χ3n) is 5.52. The molecule has 2 aromatic carbocycles. The fraction of sp³-hybridized carbons (Fsp3) is 0.440. The summed E-state index contributed by atoms with van der Waals surface area (Å²) in [5.74, 6) is -0.918. The van der Waals surface area contributed by atoms with E-state index in [2.05, 4.69) is 5.32 Å². The molecule has 2 amide bonds. The summed E-state index contributed by atoms with van der Waals surface area (Å²) in [6, 6.07) is 15.0. The maximum Gasteiger partial charge on any atom is 0.243 e. The predicted molar refractivity (Wildman–Crippen MR) is 118 cm³/mol. The number of hydrogen-bond donors (Lipinski definition) is 1. The van der Waals surface area contributed by atoms with Gasteiger partial charge >= 0.3 is 0 Å². The zero-order valence-electron chi connectivity index (χ0n) is 18.2. The first-order chi connectivity index (χ1) is 14.9. The summed E-state index contributed by atoms with van der Waals surface area (Å²) >= 11 is 0. The number of carbonyl (C=O) groups excluding carboxylic acids is 2. The van der Waals surface area contributed by atoms with Crippen LogP contribution < -0.4 is 5.32 Å². The van der Waals surface area contributed by atoms with E-state index in [-0.39, 0.29) is 36.2 Å². The van der Waals surface area contributed by atoms with E-state index in [1.54, 1.807) is 17.0 Å². The molecule has 0 saturated carbocycles. The molecule has 1 heterocycles. The van der Waals surface area contributed by atoms with E-state index in [0.717, 1.165) is 30.6 Å². The van der Waals surface area contributed by atoms with Crippen LogP contribution in [-0.4, -0.2) is 42.0 Å². The Morgan fingerprint density at radius 3 is 2.42 bits per heavy atom. The Morgan fingerprint density at radius 2 is 1.81 bits per heavy atom. The van der Waals surface area contributed by atoms with E-state index >= 15 is 0 Å². The second-order valence-corrected chi connectivity index (χ2v) is 8.33. The van der Waals surface area contributed by atoms with Gasteiger partial charge in [-0.3, -0.25) is 9.59 Å². The average Bonchev–Trinajstić information content (AvgIpc) is 3.29. The number of carbonyl (C=O) groups is 2. The van der Waals surface area contributed by atoms with Gasteiger partial charge in [0, 0.05) is 32.0 Å². The van der Waals surface area contributed by atoms with Crippen molar-refractivity contribution in [2.45, 2.75) is 51.8 Å². The second-order valence-electron chi connectivity index (χ2n) is 8.33. The molecular weight excluding hydrogens is 395 g/mol. The van der Waals surface area contributed by atoms with Gasteiger partial charge in [-0.1, -0.05) is 56.3 Å². The molecule has 0 radical (unpaired) electrons. The highest BCUT2D eigenvalue weighted by Gasteiger charge is 2.32. The molecule has 6 heteroatoms. The molecule has 1 aliphatic rings. The van der Waals surface area contributed by atoms with Crippen LogP contribution in [-0.2, 0) is 27.3 Å². The van der Waals surface area contributed by atoms with Gasteiger partial charge in [0.15, 0.2) is 0 Å². The Balaban J connectivity index is 1.85. The summed E-state index contributed by atoms with van der Waals surface area (Å²) in [4.78, 5) is 28.1. The molecule has 3 rings (SSSR count). The number of hydrogen-bond acceptors (Lipinski definition) is 3. The molecule has 1 saturated heterocycles. The van der Waals surface area contributed by atoms with Crippen molar-refractivity contribution in [3.63, 3.8) is 0 Å². The molecular formula is C25H31FN2O3. The van der Waals surface area contributed by atoms with Gasteiger partial charge in [-0.25, -0.2) is 4.39 Å². The van der Waals surface area contributed by atoms with Gasteiger partial charge in [-0.15, -0.1) is 0 Å². The van der Waals surface area contributed by atoms with Gasteiger partial charge in [0.1, 0.15) is 11.9 Å². The zero-order valence-corrected chi connectivity index (χ0v) is 18.2. The van der Waals surface area contributed by atoms with Gasteiger partial charge in [0.2, 0.25) is 11.8 Å². The van der Waals surface area contributed by atoms with E-state index < -0.39 is 6.04 Å². The van der Waals surface area contributed by atoms with Crippen molar-refractivity contribution >= 4 is 11.8 Å². The van der Waals surface area contributed by atoms with E-state index in [0.29, 0.717) is 13.0 Å². The highest BCUT2D eigenvalue weighted by atomic mass is 19.1. The van der Waals surface area contributed by atoms with Crippen molar-refractivity contribution in [3.8, 4) is 0 Å². The summed E-state index contributed by atoms with van der Waals surface area (Å²) in [5, 5.41) is 3.00. The van der Waals surface area contributed by atoms with Crippen LogP contribution in [0.3, 0.4) is 0 Å². The van der Waals surface area contributed by atoms with Crippen LogP contribution in [0.1, 0.15) is 37.8 Å². The molecule has 0 aromatic heterocycles. The molecule has 1 N–H and O–H groups in total. The molecule has 0 unspecified atom stereocenters. The largest absolute Gasteiger partial charge is 0.376 e. The first-order valence-corrected chi connectivity index (χ1v) is 10.9. The maximum absolute atomic E-state index is 13.4. The smallest absolute Gasteiger partial charge is 0.243 e. The van der Waals surface area contributed by atoms with Crippen LogP contribution in [0.4, 0.5) is 4.39 Å². The first kappa shape index (κ1) is 22.9. The van der Waals surface area contributed by atoms with Crippen LogP contribution in [0.5, 0.6) is 0 Å². The van der Waals surface area contributed by atoms with Gasteiger partial charge in [0.25, 0.3) is 0 Å². The lowest BCUT2D eigenvalue weighted by atomic mass is 10.0. The summed E-state index contributed by atoms with van der Waals surface area (Å²) in [6.45, 7) is 5.04. The molecule has 0 aliphatic carbocycles. The highest BCUT2D eigenvalue weighted by Crippen LogP contribution is 2.18. The van der Waals surface area contributed by atoms with Crippen LogP contribution in [0.2, 0.25) is 0 Å². The van der Waals surface area contributed by atoms with Crippen molar-refractivity contribution in [1.29, 1.82) is 0 Å². The minimum Gasteiger partial charge on any atom is -0.376 e. The summed E-state index contributed by atoms with van der Waals surface area (Å²) in [7, 11) is 0. The number of nitrogens with zero attached hydrogens (tertiary/aromatic N) is 1. The minimum atomic E-state index is -0.677. The van der Waals surface area contributed by atoms with Gasteiger partial charge in [-0.2, -0.15) is 0 Å². The number of rotatable bonds is 9. The third kappa shape index (κ3) is 6.62. The average molecular weight is 427 g/mol. The number of amides is 2. The van der Waals surface area contributed by atoms with E-state index in [1.165, 1.54) is 12.1 Å². The van der Waals surface area contributed by atoms with Crippen molar-refractivity contribution in [1.82, 2.24) is 10.2 Å². The van der Waals surface area contributed by atoms with Crippen LogP contribution in [0.25, 0.3) is 0 Å². The standard InChI is InChI=1S/C25H31FN2O3/c1-18(2)25(30)28(17-20-10-12-21(26)13-11-20)23(15-19-7-4-3-5-8-19)24(29)27-16-22-9-6-14-31-22/h3-5,7-8,10-13,18,22-23H,6,9,14-17H2,1-2H3,(H,27,29)/t22-,23+/m0/s1. The lowest BCUT2D eigenvalue weighted by Crippen LogP contribution is -2.52. The molecule has 166 valence electrons. The van der Waals surface area contributed by atoms with Crippen molar-refractivity contribution in [2.24, 2.45) is 5.92 Å². The Morgan fingerprint density at radius 1 is 1.10 bits per heavy atom. The Kier molecular flexibility index (Phi) is 8.18. The van der Waals surface area contributed by atoms with Crippen LogP contribution >= 0.6 is 0 Å². The van der Waals surface area contributed by atoms with Crippen LogP contribution in [0.15, 0.2) is 54.6 Å². The lowest BCUT2D eigenvalue weighted by molar-refractivity contribution is -0.143.